The number of ether oxygens (including phenoxy) is 2. The maximum absolute atomic E-state index is 11.8. The van der Waals surface area contributed by atoms with Gasteiger partial charge in [-0.05, 0) is 49.7 Å². The van der Waals surface area contributed by atoms with Crippen molar-refractivity contribution in [2.75, 3.05) is 18.5 Å². The van der Waals surface area contributed by atoms with Crippen molar-refractivity contribution in [1.29, 1.82) is 0 Å². The lowest BCUT2D eigenvalue weighted by Crippen LogP contribution is -2.23. The second-order valence-corrected chi connectivity index (χ2v) is 5.95. The third kappa shape index (κ3) is 5.89. The molecule has 0 heterocycles. The van der Waals surface area contributed by atoms with Crippen LogP contribution in [0.25, 0.3) is 0 Å². The monoisotopic (exact) mass is 375 g/mol. The first-order valence-corrected chi connectivity index (χ1v) is 8.18. The highest BCUT2D eigenvalue weighted by Crippen LogP contribution is 2.20. The molecule has 0 saturated carbocycles. The van der Waals surface area contributed by atoms with Gasteiger partial charge in [0.05, 0.1) is 0 Å². The quantitative estimate of drug-likeness (QED) is 0.592. The fourth-order valence-corrected chi connectivity index (χ4v) is 2.17. The average molecular weight is 376 g/mol. The Morgan fingerprint density at radius 3 is 2.54 bits per heavy atom. The van der Waals surface area contributed by atoms with Crippen LogP contribution in [0.15, 0.2) is 42.5 Å². The van der Waals surface area contributed by atoms with Crippen LogP contribution in [0.2, 0.25) is 5.02 Å². The molecule has 2 aromatic rings. The normalized spacial score (nSPS) is 10.1. The Morgan fingerprint density at radius 1 is 1.08 bits per heavy atom. The molecule has 2 rings (SSSR count). The van der Waals surface area contributed by atoms with Crippen LogP contribution in [-0.4, -0.2) is 30.9 Å². The molecule has 26 heavy (non-hydrogen) atoms. The van der Waals surface area contributed by atoms with Gasteiger partial charge in [0.25, 0.3) is 5.91 Å². The van der Waals surface area contributed by atoms with Gasteiger partial charge in [0.2, 0.25) is 0 Å². The predicted molar refractivity (Wildman–Crippen MR) is 97.7 cm³/mol. The number of halogens is 1. The number of Topliss-reactive ketones (excluding diaryl/α,β-unsaturated/α-hetero) is 1. The van der Waals surface area contributed by atoms with E-state index in [4.69, 9.17) is 21.1 Å². The zero-order chi connectivity index (χ0) is 19.1. The molecule has 0 aromatic heterocycles. The molecule has 0 aliphatic carbocycles. The molecule has 0 atom stereocenters. The number of benzene rings is 2. The first kappa shape index (κ1) is 19.5. The van der Waals surface area contributed by atoms with E-state index in [0.717, 1.165) is 5.56 Å². The summed E-state index contributed by atoms with van der Waals surface area (Å²) in [4.78, 5) is 34.8. The summed E-state index contributed by atoms with van der Waals surface area (Å²) in [6, 6.07) is 11.5. The van der Waals surface area contributed by atoms with Crippen LogP contribution in [0.5, 0.6) is 5.75 Å². The lowest BCUT2D eigenvalue weighted by atomic mass is 10.1. The Morgan fingerprint density at radius 2 is 1.85 bits per heavy atom. The Kier molecular flexibility index (Phi) is 6.74. The van der Waals surface area contributed by atoms with Crippen molar-refractivity contribution >= 4 is 34.9 Å². The number of hydrogen-bond acceptors (Lipinski definition) is 5. The van der Waals surface area contributed by atoms with Crippen molar-refractivity contribution in [1.82, 2.24) is 0 Å². The summed E-state index contributed by atoms with van der Waals surface area (Å²) in [5.41, 5.74) is 1.75. The van der Waals surface area contributed by atoms with Crippen LogP contribution < -0.4 is 10.1 Å². The van der Waals surface area contributed by atoms with Gasteiger partial charge in [0, 0.05) is 16.3 Å². The van der Waals surface area contributed by atoms with Gasteiger partial charge in [-0.1, -0.05) is 23.7 Å². The minimum Gasteiger partial charge on any atom is -0.482 e. The molecule has 0 bridgehead atoms. The van der Waals surface area contributed by atoms with Crippen LogP contribution in [-0.2, 0) is 14.3 Å². The molecule has 0 radical (unpaired) electrons. The van der Waals surface area contributed by atoms with Gasteiger partial charge < -0.3 is 14.8 Å². The van der Waals surface area contributed by atoms with E-state index < -0.39 is 18.5 Å². The number of anilines is 1. The molecule has 0 aliphatic rings. The molecule has 1 N–H and O–H groups in total. The Bertz CT molecular complexity index is 834. The van der Waals surface area contributed by atoms with Crippen molar-refractivity contribution in [3.8, 4) is 5.75 Å². The highest BCUT2D eigenvalue weighted by atomic mass is 35.5. The summed E-state index contributed by atoms with van der Waals surface area (Å²) in [6.45, 7) is 2.48. The van der Waals surface area contributed by atoms with Gasteiger partial charge in [-0.25, -0.2) is 4.79 Å². The van der Waals surface area contributed by atoms with E-state index in [-0.39, 0.29) is 12.4 Å². The fourth-order valence-electron chi connectivity index (χ4n) is 2.05. The maximum Gasteiger partial charge on any atom is 0.344 e. The lowest BCUT2D eigenvalue weighted by molar-refractivity contribution is -0.149. The third-order valence-electron chi connectivity index (χ3n) is 3.40. The Labute approximate surface area is 156 Å². The van der Waals surface area contributed by atoms with Gasteiger partial charge in [-0.15, -0.1) is 0 Å². The van der Waals surface area contributed by atoms with Crippen molar-refractivity contribution in [3.05, 3.63) is 58.6 Å². The topological polar surface area (TPSA) is 81.7 Å². The summed E-state index contributed by atoms with van der Waals surface area (Å²) in [5.74, 6) is -0.817. The number of carbonyl (C=O) groups is 3. The molecule has 1 amide bonds. The smallest absolute Gasteiger partial charge is 0.344 e. The second-order valence-electron chi connectivity index (χ2n) is 5.55. The molecular formula is C19H18ClNO5. The highest BCUT2D eigenvalue weighted by Gasteiger charge is 2.10. The number of carbonyl (C=O) groups excluding carboxylic acids is 3. The highest BCUT2D eigenvalue weighted by molar-refractivity contribution is 6.31. The molecule has 0 fully saturated rings. The van der Waals surface area contributed by atoms with Crippen LogP contribution in [0.1, 0.15) is 22.8 Å². The van der Waals surface area contributed by atoms with Crippen molar-refractivity contribution in [2.45, 2.75) is 13.8 Å². The van der Waals surface area contributed by atoms with E-state index in [2.05, 4.69) is 5.32 Å². The number of amides is 1. The molecule has 7 heteroatoms. The Hall–Kier alpha value is -2.86. The summed E-state index contributed by atoms with van der Waals surface area (Å²) < 4.78 is 10.2. The van der Waals surface area contributed by atoms with Gasteiger partial charge in [-0.3, -0.25) is 9.59 Å². The minimum atomic E-state index is -0.676. The SMILES string of the molecule is CC(=O)c1cccc(NC(=O)COC(=O)COc2ccc(Cl)c(C)c2)c1. The summed E-state index contributed by atoms with van der Waals surface area (Å²) in [7, 11) is 0. The number of nitrogens with one attached hydrogen (secondary N) is 1. The van der Waals surface area contributed by atoms with Crippen LogP contribution in [0.4, 0.5) is 5.69 Å². The van der Waals surface area contributed by atoms with Gasteiger partial charge >= 0.3 is 5.97 Å². The zero-order valence-corrected chi connectivity index (χ0v) is 15.1. The molecule has 136 valence electrons. The van der Waals surface area contributed by atoms with E-state index in [9.17, 15) is 14.4 Å². The van der Waals surface area contributed by atoms with E-state index in [1.54, 1.807) is 42.5 Å². The summed E-state index contributed by atoms with van der Waals surface area (Å²) in [5, 5.41) is 3.16. The van der Waals surface area contributed by atoms with E-state index in [1.807, 2.05) is 6.92 Å². The second kappa shape index (κ2) is 9.01. The van der Waals surface area contributed by atoms with Crippen LogP contribution >= 0.6 is 11.6 Å². The number of aryl methyl sites for hydroxylation is 1. The summed E-state index contributed by atoms with van der Waals surface area (Å²) in [6.07, 6.45) is 0. The van der Waals surface area contributed by atoms with Gasteiger partial charge in [0.1, 0.15) is 5.75 Å². The van der Waals surface area contributed by atoms with Gasteiger partial charge in [-0.2, -0.15) is 0 Å². The lowest BCUT2D eigenvalue weighted by Gasteiger charge is -2.09. The summed E-state index contributed by atoms with van der Waals surface area (Å²) >= 11 is 5.91. The molecule has 0 unspecified atom stereocenters. The molecular weight excluding hydrogens is 358 g/mol. The van der Waals surface area contributed by atoms with Gasteiger partial charge in [0.15, 0.2) is 19.0 Å². The first-order valence-electron chi connectivity index (χ1n) is 7.80. The van der Waals surface area contributed by atoms with Crippen LogP contribution in [0.3, 0.4) is 0 Å². The molecule has 0 aliphatic heterocycles. The van der Waals surface area contributed by atoms with Crippen molar-refractivity contribution in [3.63, 3.8) is 0 Å². The average Bonchev–Trinajstić information content (AvgIpc) is 2.61. The fraction of sp³-hybridized carbons (Fsp3) is 0.211. The molecule has 2 aromatic carbocycles. The Balaban J connectivity index is 1.77. The number of ketones is 1. The maximum atomic E-state index is 11.8. The standard InChI is InChI=1S/C19H18ClNO5/c1-12-8-16(6-7-17(12)20)25-11-19(24)26-10-18(23)21-15-5-3-4-14(9-15)13(2)22/h3-9H,10-11H2,1-2H3,(H,21,23). The number of hydrogen-bond donors (Lipinski definition) is 1. The zero-order valence-electron chi connectivity index (χ0n) is 14.4. The minimum absolute atomic E-state index is 0.109. The van der Waals surface area contributed by atoms with Crippen molar-refractivity contribution < 1.29 is 23.9 Å². The van der Waals surface area contributed by atoms with Crippen molar-refractivity contribution in [2.24, 2.45) is 0 Å². The van der Waals surface area contributed by atoms with E-state index in [0.29, 0.717) is 22.0 Å². The molecule has 6 nitrogen and oxygen atoms in total. The largest absolute Gasteiger partial charge is 0.482 e. The van der Waals surface area contributed by atoms with E-state index >= 15 is 0 Å². The molecule has 0 spiro atoms. The van der Waals surface area contributed by atoms with E-state index in [1.165, 1.54) is 6.92 Å². The number of esters is 1. The predicted octanol–water partition coefficient (Wildman–Crippen LogP) is 3.41. The third-order valence-corrected chi connectivity index (χ3v) is 3.83. The first-order chi connectivity index (χ1) is 12.3. The molecule has 0 saturated heterocycles. The van der Waals surface area contributed by atoms with Crippen LogP contribution in [0, 0.1) is 6.92 Å². The number of rotatable bonds is 7.